The van der Waals surface area contributed by atoms with Crippen LogP contribution in [0.4, 0.5) is 5.82 Å². The molecule has 0 saturated heterocycles. The number of carbonyl (C=O) groups is 1. The number of amides is 1. The van der Waals surface area contributed by atoms with E-state index in [1.807, 2.05) is 18.8 Å². The molecule has 11 heteroatoms. The number of nitro groups is 1. The molecule has 172 valence electrons. The number of aromatic nitrogens is 4. The summed E-state index contributed by atoms with van der Waals surface area (Å²) in [5.41, 5.74) is 0.674. The maximum Gasteiger partial charge on any atom is 0.404 e. The minimum atomic E-state index is -0.439. The molecule has 32 heavy (non-hydrogen) atoms. The number of aryl methyl sites for hydroxylation is 1. The van der Waals surface area contributed by atoms with E-state index in [1.165, 1.54) is 6.42 Å². The van der Waals surface area contributed by atoms with Crippen LogP contribution in [0.2, 0.25) is 0 Å². The van der Waals surface area contributed by atoms with E-state index in [4.69, 9.17) is 0 Å². The van der Waals surface area contributed by atoms with Gasteiger partial charge in [0.05, 0.1) is 39.7 Å². The summed E-state index contributed by atoms with van der Waals surface area (Å²) in [4.78, 5) is 26.0. The molecular formula is C21H26Br2N6O3. The molecule has 0 aliphatic heterocycles. The Labute approximate surface area is 202 Å². The molecule has 4 fully saturated rings. The average Bonchev–Trinajstić information content (AvgIpc) is 3.24. The normalized spacial score (nSPS) is 30.6. The van der Waals surface area contributed by atoms with Gasteiger partial charge in [-0.1, -0.05) is 0 Å². The first-order valence-corrected chi connectivity index (χ1v) is 12.5. The standard InChI is InChI=1S/C21H26Br2N6O3/c1-26(11-17-15(22)9-24-27(17)2)18(30)8-20-4-13-3-14(5-20)7-21(6-13,12-20)28-10-16(23)19(25-28)29(31)32/h9-10,13-14H,3-8,11-12H2,1-2H3. The molecule has 0 radical (unpaired) electrons. The Morgan fingerprint density at radius 3 is 2.53 bits per heavy atom. The molecule has 4 aliphatic rings. The maximum absolute atomic E-state index is 13.3. The summed E-state index contributed by atoms with van der Waals surface area (Å²) in [6.07, 6.45) is 10.2. The van der Waals surface area contributed by atoms with E-state index in [1.54, 1.807) is 22.0 Å². The van der Waals surface area contributed by atoms with E-state index in [2.05, 4.69) is 42.1 Å². The van der Waals surface area contributed by atoms with Crippen LogP contribution in [0.3, 0.4) is 0 Å². The van der Waals surface area contributed by atoms with Gasteiger partial charge in [-0.15, -0.1) is 0 Å². The number of rotatable bonds is 6. The lowest BCUT2D eigenvalue weighted by molar-refractivity contribution is -0.390. The smallest absolute Gasteiger partial charge is 0.358 e. The second-order valence-electron chi connectivity index (χ2n) is 10.2. The molecule has 9 nitrogen and oxygen atoms in total. The molecule has 4 saturated carbocycles. The Morgan fingerprint density at radius 2 is 1.97 bits per heavy atom. The zero-order chi connectivity index (χ0) is 22.8. The van der Waals surface area contributed by atoms with Crippen LogP contribution in [0.25, 0.3) is 0 Å². The minimum Gasteiger partial charge on any atom is -0.358 e. The van der Waals surface area contributed by atoms with Gasteiger partial charge in [-0.3, -0.25) is 9.48 Å². The van der Waals surface area contributed by atoms with Crippen molar-refractivity contribution in [2.24, 2.45) is 24.3 Å². The number of hydrogen-bond acceptors (Lipinski definition) is 5. The fourth-order valence-corrected chi connectivity index (χ4v) is 7.86. The Hall–Kier alpha value is -1.75. The summed E-state index contributed by atoms with van der Waals surface area (Å²) in [7, 11) is 3.73. The van der Waals surface area contributed by atoms with Crippen LogP contribution in [-0.2, 0) is 23.9 Å². The molecule has 6 rings (SSSR count). The van der Waals surface area contributed by atoms with Crippen LogP contribution in [-0.4, -0.2) is 42.3 Å². The monoisotopic (exact) mass is 568 g/mol. The van der Waals surface area contributed by atoms with Crippen molar-refractivity contribution in [2.75, 3.05) is 7.05 Å². The van der Waals surface area contributed by atoms with Gasteiger partial charge in [0.1, 0.15) is 4.47 Å². The predicted octanol–water partition coefficient (Wildman–Crippen LogP) is 4.39. The van der Waals surface area contributed by atoms with Gasteiger partial charge in [-0.05, 0) is 92.6 Å². The second-order valence-corrected chi connectivity index (χ2v) is 11.9. The lowest BCUT2D eigenvalue weighted by Gasteiger charge is -2.61. The van der Waals surface area contributed by atoms with Gasteiger partial charge in [-0.2, -0.15) is 9.78 Å². The van der Waals surface area contributed by atoms with E-state index in [9.17, 15) is 14.9 Å². The molecule has 2 unspecified atom stereocenters. The van der Waals surface area contributed by atoms with E-state index < -0.39 is 4.92 Å². The van der Waals surface area contributed by atoms with Crippen LogP contribution in [0, 0.1) is 27.4 Å². The van der Waals surface area contributed by atoms with E-state index >= 15 is 0 Å². The van der Waals surface area contributed by atoms with Crippen molar-refractivity contribution in [3.63, 3.8) is 0 Å². The van der Waals surface area contributed by atoms with Crippen molar-refractivity contribution in [1.82, 2.24) is 24.5 Å². The highest BCUT2D eigenvalue weighted by molar-refractivity contribution is 9.10. The molecule has 2 aromatic heterocycles. The Bertz CT molecular complexity index is 1060. The third-order valence-electron chi connectivity index (χ3n) is 7.81. The quantitative estimate of drug-likeness (QED) is 0.379. The average molecular weight is 570 g/mol. The molecule has 4 aliphatic carbocycles. The van der Waals surface area contributed by atoms with Gasteiger partial charge in [-0.25, -0.2) is 0 Å². The van der Waals surface area contributed by atoms with Crippen molar-refractivity contribution < 1.29 is 9.72 Å². The van der Waals surface area contributed by atoms with Crippen LogP contribution in [0.15, 0.2) is 21.3 Å². The maximum atomic E-state index is 13.3. The molecule has 0 N–H and O–H groups in total. The van der Waals surface area contributed by atoms with Crippen molar-refractivity contribution in [3.8, 4) is 0 Å². The fourth-order valence-electron chi connectivity index (χ4n) is 6.97. The predicted molar refractivity (Wildman–Crippen MR) is 124 cm³/mol. The first-order valence-electron chi connectivity index (χ1n) is 10.9. The summed E-state index contributed by atoms with van der Waals surface area (Å²) in [6, 6.07) is 0. The molecule has 0 aromatic carbocycles. The number of hydrogen-bond donors (Lipinski definition) is 0. The largest absolute Gasteiger partial charge is 0.404 e. The summed E-state index contributed by atoms with van der Waals surface area (Å²) in [5, 5.41) is 20.0. The van der Waals surface area contributed by atoms with Gasteiger partial charge >= 0.3 is 5.82 Å². The first-order chi connectivity index (χ1) is 15.1. The highest BCUT2D eigenvalue weighted by Gasteiger charge is 2.60. The van der Waals surface area contributed by atoms with Crippen molar-refractivity contribution in [3.05, 3.63) is 37.1 Å². The molecule has 4 bridgehead atoms. The Morgan fingerprint density at radius 1 is 1.28 bits per heavy atom. The van der Waals surface area contributed by atoms with Gasteiger partial charge in [0.2, 0.25) is 5.91 Å². The first kappa shape index (κ1) is 22.1. The summed E-state index contributed by atoms with van der Waals surface area (Å²) in [5.74, 6) is 1.10. The summed E-state index contributed by atoms with van der Waals surface area (Å²) in [6.45, 7) is 0.502. The minimum absolute atomic E-state index is 0.0632. The molecule has 1 amide bonds. The summed E-state index contributed by atoms with van der Waals surface area (Å²) < 4.78 is 4.96. The third kappa shape index (κ3) is 3.61. The zero-order valence-electron chi connectivity index (χ0n) is 18.1. The Kier molecular flexibility index (Phi) is 5.27. The van der Waals surface area contributed by atoms with Crippen LogP contribution >= 0.6 is 31.9 Å². The van der Waals surface area contributed by atoms with Gasteiger partial charge in [0.15, 0.2) is 0 Å². The highest BCUT2D eigenvalue weighted by Crippen LogP contribution is 2.65. The van der Waals surface area contributed by atoms with Crippen LogP contribution in [0.1, 0.15) is 50.6 Å². The van der Waals surface area contributed by atoms with Gasteiger partial charge in [0.25, 0.3) is 0 Å². The van der Waals surface area contributed by atoms with Crippen molar-refractivity contribution >= 4 is 43.6 Å². The number of nitrogens with zero attached hydrogens (tertiary/aromatic N) is 6. The fraction of sp³-hybridized carbons (Fsp3) is 0.667. The van der Waals surface area contributed by atoms with Crippen molar-refractivity contribution in [1.29, 1.82) is 0 Å². The summed E-state index contributed by atoms with van der Waals surface area (Å²) >= 11 is 6.83. The highest BCUT2D eigenvalue weighted by atomic mass is 79.9. The van der Waals surface area contributed by atoms with Crippen LogP contribution in [0.5, 0.6) is 0 Å². The van der Waals surface area contributed by atoms with Gasteiger partial charge in [0, 0.05) is 20.5 Å². The molecule has 2 aromatic rings. The molecule has 2 atom stereocenters. The molecule has 2 heterocycles. The van der Waals surface area contributed by atoms with Crippen molar-refractivity contribution in [2.45, 2.75) is 57.0 Å². The van der Waals surface area contributed by atoms with E-state index in [-0.39, 0.29) is 22.7 Å². The third-order valence-corrected chi connectivity index (χ3v) is 9.03. The zero-order valence-corrected chi connectivity index (χ0v) is 21.3. The molecular weight excluding hydrogens is 544 g/mol. The van der Waals surface area contributed by atoms with E-state index in [0.29, 0.717) is 29.3 Å². The van der Waals surface area contributed by atoms with Crippen LogP contribution < -0.4 is 0 Å². The Balaban J connectivity index is 1.38. The molecule has 0 spiro atoms. The number of carbonyl (C=O) groups excluding carboxylic acids is 1. The lowest BCUT2D eigenvalue weighted by Crippen LogP contribution is -2.57. The van der Waals surface area contributed by atoms with Gasteiger partial charge < -0.3 is 15.0 Å². The SMILES string of the molecule is CN(Cc1c(Br)cnn1C)C(=O)CC12CC3CC(C1)CC(n1cc(Br)c([N+](=O)[O-])n1)(C3)C2. The lowest BCUT2D eigenvalue weighted by atomic mass is 9.46. The topological polar surface area (TPSA) is 99.1 Å². The number of halogens is 2. The second kappa shape index (κ2) is 7.65. The van der Waals surface area contributed by atoms with E-state index in [0.717, 1.165) is 42.3 Å².